The van der Waals surface area contributed by atoms with Crippen LogP contribution in [0.3, 0.4) is 0 Å². The van der Waals surface area contributed by atoms with Crippen LogP contribution in [-0.4, -0.2) is 50.4 Å². The van der Waals surface area contributed by atoms with Crippen LogP contribution in [0.4, 0.5) is 4.39 Å². The van der Waals surface area contributed by atoms with Crippen LogP contribution >= 0.6 is 0 Å². The summed E-state index contributed by atoms with van der Waals surface area (Å²) in [7, 11) is -3.20. The van der Waals surface area contributed by atoms with Crippen molar-refractivity contribution in [2.75, 3.05) is 26.0 Å². The Morgan fingerprint density at radius 2 is 1.68 bits per heavy atom. The summed E-state index contributed by atoms with van der Waals surface area (Å²) >= 11 is 0. The second-order valence-electron chi connectivity index (χ2n) is 8.13. The van der Waals surface area contributed by atoms with E-state index in [1.165, 1.54) is 6.26 Å². The van der Waals surface area contributed by atoms with Gasteiger partial charge in [0.05, 0.1) is 10.6 Å². The average Bonchev–Trinajstić information content (AvgIpc) is 3.37. The first kappa shape index (κ1) is 21.7. The predicted octanol–water partition coefficient (Wildman–Crippen LogP) is 4.70. The summed E-state index contributed by atoms with van der Waals surface area (Å²) in [5.74, 6) is 1.38. The smallest absolute Gasteiger partial charge is 0.226 e. The monoisotopic (exact) mass is 442 g/mol. The van der Waals surface area contributed by atoms with Gasteiger partial charge in [0.15, 0.2) is 9.84 Å². The van der Waals surface area contributed by atoms with Crippen molar-refractivity contribution >= 4 is 9.84 Å². The topological polar surface area (TPSA) is 63.4 Å². The van der Waals surface area contributed by atoms with Crippen LogP contribution in [0.15, 0.2) is 57.8 Å². The Kier molecular flexibility index (Phi) is 6.25. The number of aromatic nitrogens is 1. The molecule has 1 unspecified atom stereocenters. The molecule has 31 heavy (non-hydrogen) atoms. The Bertz CT molecular complexity index is 1140. The Morgan fingerprint density at radius 3 is 2.29 bits per heavy atom. The lowest BCUT2D eigenvalue weighted by Gasteiger charge is -2.21. The number of nitrogens with zero attached hydrogens (tertiary/aromatic N) is 2. The number of hydrogen-bond donors (Lipinski definition) is 0. The highest BCUT2D eigenvalue weighted by molar-refractivity contribution is 7.90. The molecule has 0 N–H and O–H groups in total. The molecule has 1 saturated heterocycles. The predicted molar refractivity (Wildman–Crippen MR) is 119 cm³/mol. The fourth-order valence-electron chi connectivity index (χ4n) is 4.10. The van der Waals surface area contributed by atoms with Gasteiger partial charge < -0.3 is 4.42 Å². The van der Waals surface area contributed by atoms with Crippen molar-refractivity contribution in [2.24, 2.45) is 0 Å². The van der Waals surface area contributed by atoms with Gasteiger partial charge in [-0.1, -0.05) is 24.3 Å². The molecule has 0 amide bonds. The summed E-state index contributed by atoms with van der Waals surface area (Å²) < 4.78 is 42.3. The Labute approximate surface area is 182 Å². The van der Waals surface area contributed by atoms with Crippen LogP contribution in [-0.2, 0) is 16.3 Å². The molecule has 0 radical (unpaired) electrons. The number of aryl methyl sites for hydroxylation is 1. The van der Waals surface area contributed by atoms with Crippen molar-refractivity contribution in [3.63, 3.8) is 0 Å². The van der Waals surface area contributed by atoms with Gasteiger partial charge in [0, 0.05) is 30.8 Å². The second-order valence-corrected chi connectivity index (χ2v) is 10.1. The van der Waals surface area contributed by atoms with Crippen molar-refractivity contribution in [1.29, 1.82) is 0 Å². The molecule has 1 aliphatic heterocycles. The molecule has 0 spiro atoms. The number of halogens is 1. The molecule has 2 aromatic carbocycles. The molecule has 2 heterocycles. The lowest BCUT2D eigenvalue weighted by atomic mass is 10.0. The van der Waals surface area contributed by atoms with E-state index in [9.17, 15) is 12.8 Å². The van der Waals surface area contributed by atoms with Crippen molar-refractivity contribution < 1.29 is 17.2 Å². The molecule has 0 saturated carbocycles. The second kappa shape index (κ2) is 8.93. The number of hydrogen-bond acceptors (Lipinski definition) is 5. The Hall–Kier alpha value is -2.51. The SMILES string of the molecule is Cc1oc(-c2ccc(-c3ccc(S(C)(=O)=O)cc3)cc2)nc1CCN1CCCC1CF. The zero-order valence-electron chi connectivity index (χ0n) is 17.8. The van der Waals surface area contributed by atoms with E-state index in [1.54, 1.807) is 12.1 Å². The van der Waals surface area contributed by atoms with Crippen molar-refractivity contribution in [2.45, 2.75) is 37.1 Å². The van der Waals surface area contributed by atoms with Gasteiger partial charge in [0.1, 0.15) is 12.4 Å². The maximum Gasteiger partial charge on any atom is 0.226 e. The summed E-state index contributed by atoms with van der Waals surface area (Å²) in [5, 5.41) is 0. The van der Waals surface area contributed by atoms with Crippen LogP contribution in [0.25, 0.3) is 22.6 Å². The first-order valence-corrected chi connectivity index (χ1v) is 12.4. The molecular formula is C24H27FN2O3S. The van der Waals surface area contributed by atoms with E-state index in [1.807, 2.05) is 43.3 Å². The molecule has 0 aliphatic carbocycles. The molecule has 3 aromatic rings. The van der Waals surface area contributed by atoms with Gasteiger partial charge in [-0.2, -0.15) is 0 Å². The van der Waals surface area contributed by atoms with E-state index in [0.717, 1.165) is 60.5 Å². The number of alkyl halides is 1. The Morgan fingerprint density at radius 1 is 1.06 bits per heavy atom. The van der Waals surface area contributed by atoms with Crippen LogP contribution in [0, 0.1) is 6.92 Å². The third-order valence-electron chi connectivity index (χ3n) is 5.95. The number of benzene rings is 2. The van der Waals surface area contributed by atoms with Gasteiger partial charge in [0.25, 0.3) is 0 Å². The van der Waals surface area contributed by atoms with Crippen LogP contribution in [0.2, 0.25) is 0 Å². The number of likely N-dealkylation sites (tertiary alicyclic amines) is 1. The average molecular weight is 443 g/mol. The van der Waals surface area contributed by atoms with Crippen molar-refractivity contribution in [3.8, 4) is 22.6 Å². The minimum atomic E-state index is -3.20. The molecule has 0 bridgehead atoms. The van der Waals surface area contributed by atoms with E-state index in [4.69, 9.17) is 4.42 Å². The van der Waals surface area contributed by atoms with Gasteiger partial charge >= 0.3 is 0 Å². The summed E-state index contributed by atoms with van der Waals surface area (Å²) in [6.07, 6.45) is 3.94. The van der Waals surface area contributed by atoms with Gasteiger partial charge in [-0.3, -0.25) is 4.90 Å². The lowest BCUT2D eigenvalue weighted by molar-refractivity contribution is 0.216. The molecule has 1 fully saturated rings. The highest BCUT2D eigenvalue weighted by atomic mass is 32.2. The molecule has 7 heteroatoms. The number of rotatable bonds is 7. The first-order chi connectivity index (χ1) is 14.8. The lowest BCUT2D eigenvalue weighted by Crippen LogP contribution is -2.32. The molecule has 164 valence electrons. The summed E-state index contributed by atoms with van der Waals surface area (Å²) in [5.41, 5.74) is 3.73. The van der Waals surface area contributed by atoms with Crippen LogP contribution in [0.5, 0.6) is 0 Å². The third kappa shape index (κ3) is 4.88. The quantitative estimate of drug-likeness (QED) is 0.531. The fourth-order valence-corrected chi connectivity index (χ4v) is 4.73. The van der Waals surface area contributed by atoms with E-state index in [2.05, 4.69) is 9.88 Å². The minimum Gasteiger partial charge on any atom is -0.441 e. The minimum absolute atomic E-state index is 0.0470. The van der Waals surface area contributed by atoms with Gasteiger partial charge in [-0.05, 0) is 61.7 Å². The van der Waals surface area contributed by atoms with E-state index < -0.39 is 9.84 Å². The zero-order chi connectivity index (χ0) is 22.0. The molecule has 1 aliphatic rings. The van der Waals surface area contributed by atoms with Crippen molar-refractivity contribution in [3.05, 3.63) is 60.0 Å². The maximum atomic E-state index is 13.1. The third-order valence-corrected chi connectivity index (χ3v) is 7.08. The maximum absolute atomic E-state index is 13.1. The van der Waals surface area contributed by atoms with E-state index >= 15 is 0 Å². The summed E-state index contributed by atoms with van der Waals surface area (Å²) in [6, 6.07) is 14.8. The first-order valence-electron chi connectivity index (χ1n) is 10.5. The van der Waals surface area contributed by atoms with E-state index in [0.29, 0.717) is 10.8 Å². The molecule has 1 atom stereocenters. The zero-order valence-corrected chi connectivity index (χ0v) is 18.7. The Balaban J connectivity index is 1.46. The highest BCUT2D eigenvalue weighted by Crippen LogP contribution is 2.27. The molecule has 1 aromatic heterocycles. The van der Waals surface area contributed by atoms with Crippen LogP contribution in [0.1, 0.15) is 24.3 Å². The van der Waals surface area contributed by atoms with E-state index in [-0.39, 0.29) is 12.7 Å². The summed E-state index contributed by atoms with van der Waals surface area (Å²) in [6.45, 7) is 3.38. The fraction of sp³-hybridized carbons (Fsp3) is 0.375. The van der Waals surface area contributed by atoms with Gasteiger partial charge in [0.2, 0.25) is 5.89 Å². The molecule has 5 nitrogen and oxygen atoms in total. The van der Waals surface area contributed by atoms with Gasteiger partial charge in [-0.15, -0.1) is 0 Å². The largest absolute Gasteiger partial charge is 0.441 e. The normalized spacial score (nSPS) is 17.3. The van der Waals surface area contributed by atoms with Crippen LogP contribution < -0.4 is 0 Å². The highest BCUT2D eigenvalue weighted by Gasteiger charge is 2.24. The molecule has 4 rings (SSSR count). The number of oxazole rings is 1. The standard InChI is InChI=1S/C24H27FN2O3S/c1-17-23(13-15-27-14-3-4-21(27)16-25)26-24(30-17)20-7-5-18(6-8-20)19-9-11-22(12-10-19)31(2,28)29/h5-12,21H,3-4,13-16H2,1-2H3. The summed E-state index contributed by atoms with van der Waals surface area (Å²) in [4.78, 5) is 7.19. The van der Waals surface area contributed by atoms with Gasteiger partial charge in [-0.25, -0.2) is 17.8 Å². The van der Waals surface area contributed by atoms with Crippen molar-refractivity contribution in [1.82, 2.24) is 9.88 Å². The molecular weight excluding hydrogens is 415 g/mol. The number of sulfone groups is 1.